The van der Waals surface area contributed by atoms with Crippen molar-refractivity contribution in [2.45, 2.75) is 13.8 Å². The van der Waals surface area contributed by atoms with Gasteiger partial charge in [-0.1, -0.05) is 13.8 Å². The summed E-state index contributed by atoms with van der Waals surface area (Å²) in [5.41, 5.74) is -0.426. The lowest BCUT2D eigenvalue weighted by Crippen LogP contribution is -2.08. The first kappa shape index (κ1) is 13.3. The second-order valence-corrected chi connectivity index (χ2v) is 3.99. The highest BCUT2D eigenvalue weighted by molar-refractivity contribution is 5.88. The molecule has 1 rings (SSSR count). The third-order valence-corrected chi connectivity index (χ3v) is 2.06. The summed E-state index contributed by atoms with van der Waals surface area (Å²) in [5, 5.41) is 8.79. The van der Waals surface area contributed by atoms with Gasteiger partial charge in [-0.05, 0) is 5.92 Å². The summed E-state index contributed by atoms with van der Waals surface area (Å²) in [6.07, 6.45) is 0. The molecule has 1 aromatic rings. The first-order valence-electron chi connectivity index (χ1n) is 5.19. The van der Waals surface area contributed by atoms with Crippen LogP contribution in [0.3, 0.4) is 0 Å². The minimum absolute atomic E-state index is 0.188. The average Bonchev–Trinajstić information content (AvgIpc) is 2.26. The Morgan fingerprint density at radius 1 is 1.41 bits per heavy atom. The van der Waals surface area contributed by atoms with Crippen molar-refractivity contribution < 1.29 is 23.8 Å². The molecule has 0 amide bonds. The van der Waals surface area contributed by atoms with Crippen LogP contribution < -0.4 is 9.47 Å². The van der Waals surface area contributed by atoms with E-state index in [-0.39, 0.29) is 17.4 Å². The summed E-state index contributed by atoms with van der Waals surface area (Å²) in [5.74, 6) is -1.48. The fourth-order valence-electron chi connectivity index (χ4n) is 1.23. The van der Waals surface area contributed by atoms with Crippen molar-refractivity contribution in [2.75, 3.05) is 13.7 Å². The molecule has 0 saturated heterocycles. The Balaban J connectivity index is 3.08. The molecule has 0 atom stereocenters. The summed E-state index contributed by atoms with van der Waals surface area (Å²) >= 11 is 0. The molecular formula is C12H15FO4. The van der Waals surface area contributed by atoms with Crippen LogP contribution in [-0.4, -0.2) is 24.8 Å². The van der Waals surface area contributed by atoms with Gasteiger partial charge in [0.05, 0.1) is 19.3 Å². The maximum Gasteiger partial charge on any atom is 0.338 e. The van der Waals surface area contributed by atoms with Crippen LogP contribution in [0.4, 0.5) is 4.39 Å². The van der Waals surface area contributed by atoms with Crippen LogP contribution in [0.5, 0.6) is 11.5 Å². The van der Waals surface area contributed by atoms with Crippen LogP contribution in [0.15, 0.2) is 12.1 Å². The van der Waals surface area contributed by atoms with Crippen LogP contribution in [0.2, 0.25) is 0 Å². The maximum atomic E-state index is 13.4. The monoisotopic (exact) mass is 242 g/mol. The molecule has 1 N–H and O–H groups in total. The van der Waals surface area contributed by atoms with Crippen LogP contribution in [0.25, 0.3) is 0 Å². The molecule has 0 spiro atoms. The Kier molecular flexibility index (Phi) is 4.31. The van der Waals surface area contributed by atoms with Gasteiger partial charge in [0.2, 0.25) is 0 Å². The average molecular weight is 242 g/mol. The molecular weight excluding hydrogens is 227 g/mol. The van der Waals surface area contributed by atoms with E-state index >= 15 is 0 Å². The number of hydrogen-bond acceptors (Lipinski definition) is 3. The van der Waals surface area contributed by atoms with Gasteiger partial charge in [-0.3, -0.25) is 0 Å². The van der Waals surface area contributed by atoms with Crippen LogP contribution in [0.1, 0.15) is 24.2 Å². The number of carbonyl (C=O) groups is 1. The number of carboxylic acid groups (broad SMARTS) is 1. The third-order valence-electron chi connectivity index (χ3n) is 2.06. The largest absolute Gasteiger partial charge is 0.493 e. The SMILES string of the molecule is COc1cc(F)c(C(=O)O)cc1OCC(C)C. The number of carboxylic acids is 1. The molecule has 0 saturated carbocycles. The second kappa shape index (κ2) is 5.52. The third kappa shape index (κ3) is 3.34. The van der Waals surface area contributed by atoms with E-state index in [1.807, 2.05) is 13.8 Å². The smallest absolute Gasteiger partial charge is 0.338 e. The number of methoxy groups -OCH3 is 1. The number of hydrogen-bond donors (Lipinski definition) is 1. The quantitative estimate of drug-likeness (QED) is 0.862. The van der Waals surface area contributed by atoms with Gasteiger partial charge in [0.25, 0.3) is 0 Å². The molecule has 4 nitrogen and oxygen atoms in total. The number of halogens is 1. The maximum absolute atomic E-state index is 13.4. The summed E-state index contributed by atoms with van der Waals surface area (Å²) in [7, 11) is 1.37. The lowest BCUT2D eigenvalue weighted by molar-refractivity contribution is 0.0691. The molecule has 17 heavy (non-hydrogen) atoms. The molecule has 0 bridgehead atoms. The van der Waals surface area contributed by atoms with Crippen molar-refractivity contribution >= 4 is 5.97 Å². The lowest BCUT2D eigenvalue weighted by atomic mass is 10.2. The number of ether oxygens (including phenoxy) is 2. The molecule has 0 aliphatic heterocycles. The highest BCUT2D eigenvalue weighted by Crippen LogP contribution is 2.30. The molecule has 94 valence electrons. The minimum Gasteiger partial charge on any atom is -0.493 e. The summed E-state index contributed by atoms with van der Waals surface area (Å²) in [4.78, 5) is 10.8. The van der Waals surface area contributed by atoms with E-state index in [9.17, 15) is 9.18 Å². The van der Waals surface area contributed by atoms with Crippen molar-refractivity contribution in [3.63, 3.8) is 0 Å². The van der Waals surface area contributed by atoms with Gasteiger partial charge >= 0.3 is 5.97 Å². The molecule has 0 heterocycles. The predicted octanol–water partition coefficient (Wildman–Crippen LogP) is 2.57. The highest BCUT2D eigenvalue weighted by atomic mass is 19.1. The Morgan fingerprint density at radius 2 is 2.06 bits per heavy atom. The molecule has 0 aliphatic carbocycles. The molecule has 0 aromatic heterocycles. The van der Waals surface area contributed by atoms with Crippen molar-refractivity contribution in [3.05, 3.63) is 23.5 Å². The fraction of sp³-hybridized carbons (Fsp3) is 0.417. The van der Waals surface area contributed by atoms with Gasteiger partial charge in [-0.25, -0.2) is 9.18 Å². The number of aromatic carboxylic acids is 1. The zero-order valence-electron chi connectivity index (χ0n) is 9.99. The summed E-state index contributed by atoms with van der Waals surface area (Å²) in [6, 6.07) is 2.15. The number of benzene rings is 1. The Bertz CT molecular complexity index is 415. The van der Waals surface area contributed by atoms with Gasteiger partial charge in [-0.15, -0.1) is 0 Å². The van der Waals surface area contributed by atoms with Crippen molar-refractivity contribution in [1.29, 1.82) is 0 Å². The molecule has 1 aromatic carbocycles. The van der Waals surface area contributed by atoms with Crippen LogP contribution >= 0.6 is 0 Å². The normalized spacial score (nSPS) is 10.4. The summed E-state index contributed by atoms with van der Waals surface area (Å²) < 4.78 is 23.7. The van der Waals surface area contributed by atoms with Gasteiger partial charge in [0.15, 0.2) is 11.5 Å². The van der Waals surface area contributed by atoms with Gasteiger partial charge in [0.1, 0.15) is 5.82 Å². The van der Waals surface area contributed by atoms with Crippen LogP contribution in [0, 0.1) is 11.7 Å². The highest BCUT2D eigenvalue weighted by Gasteiger charge is 2.16. The zero-order valence-corrected chi connectivity index (χ0v) is 9.99. The van der Waals surface area contributed by atoms with E-state index < -0.39 is 17.3 Å². The van der Waals surface area contributed by atoms with E-state index in [2.05, 4.69) is 0 Å². The lowest BCUT2D eigenvalue weighted by Gasteiger charge is -2.13. The standard InChI is InChI=1S/C12H15FO4/c1-7(2)6-17-11-4-8(12(14)15)9(13)5-10(11)16-3/h4-5,7H,6H2,1-3H3,(H,14,15). The van der Waals surface area contributed by atoms with E-state index in [1.165, 1.54) is 7.11 Å². The predicted molar refractivity (Wildman–Crippen MR) is 60.2 cm³/mol. The molecule has 0 fully saturated rings. The molecule has 0 aliphatic rings. The van der Waals surface area contributed by atoms with E-state index in [0.29, 0.717) is 6.61 Å². The summed E-state index contributed by atoms with van der Waals surface area (Å²) in [6.45, 7) is 4.31. The van der Waals surface area contributed by atoms with Crippen LogP contribution in [-0.2, 0) is 0 Å². The topological polar surface area (TPSA) is 55.8 Å². The second-order valence-electron chi connectivity index (χ2n) is 3.99. The molecule has 0 radical (unpaired) electrons. The Labute approximate surface area is 99.0 Å². The van der Waals surface area contributed by atoms with E-state index in [4.69, 9.17) is 14.6 Å². The van der Waals surface area contributed by atoms with Crippen molar-refractivity contribution in [2.24, 2.45) is 5.92 Å². The fourth-order valence-corrected chi connectivity index (χ4v) is 1.23. The van der Waals surface area contributed by atoms with Crippen molar-refractivity contribution in [3.8, 4) is 11.5 Å². The molecule has 0 unspecified atom stereocenters. The van der Waals surface area contributed by atoms with E-state index in [1.54, 1.807) is 0 Å². The minimum atomic E-state index is -1.33. The first-order valence-corrected chi connectivity index (χ1v) is 5.19. The molecule has 5 heteroatoms. The van der Waals surface area contributed by atoms with Gasteiger partial charge in [-0.2, -0.15) is 0 Å². The Morgan fingerprint density at radius 3 is 2.53 bits per heavy atom. The Hall–Kier alpha value is -1.78. The zero-order chi connectivity index (χ0) is 13.0. The van der Waals surface area contributed by atoms with Gasteiger partial charge < -0.3 is 14.6 Å². The first-order chi connectivity index (χ1) is 7.95. The number of rotatable bonds is 5. The van der Waals surface area contributed by atoms with Gasteiger partial charge in [0, 0.05) is 12.1 Å². The van der Waals surface area contributed by atoms with Crippen molar-refractivity contribution in [1.82, 2.24) is 0 Å². The van der Waals surface area contributed by atoms with E-state index in [0.717, 1.165) is 12.1 Å².